The minimum atomic E-state index is -0.0125. The Labute approximate surface area is 101 Å². The molecule has 0 atom stereocenters. The van der Waals surface area contributed by atoms with Crippen LogP contribution in [0.4, 0.5) is 0 Å². The molecule has 0 amide bonds. The lowest BCUT2D eigenvalue weighted by molar-refractivity contribution is -0.109. The summed E-state index contributed by atoms with van der Waals surface area (Å²) in [5.74, 6) is 0.462. The molecule has 2 heteroatoms. The number of para-hydroxylation sites is 1. The Bertz CT molecular complexity index is 507. The second-order valence-corrected chi connectivity index (χ2v) is 4.54. The summed E-state index contributed by atoms with van der Waals surface area (Å²) >= 11 is 0. The van der Waals surface area contributed by atoms with Crippen molar-refractivity contribution in [3.05, 3.63) is 47.6 Å². The van der Waals surface area contributed by atoms with Gasteiger partial charge in [0.05, 0.1) is 0 Å². The fourth-order valence-electron chi connectivity index (χ4n) is 2.15. The van der Waals surface area contributed by atoms with E-state index in [1.165, 1.54) is 0 Å². The monoisotopic (exact) mass is 228 g/mol. The third-order valence-electron chi connectivity index (χ3n) is 3.04. The van der Waals surface area contributed by atoms with E-state index in [2.05, 4.69) is 13.8 Å². The number of ketones is 1. The van der Waals surface area contributed by atoms with Crippen molar-refractivity contribution in [3.8, 4) is 5.75 Å². The molecule has 1 aliphatic carbocycles. The zero-order valence-electron chi connectivity index (χ0n) is 10.1. The van der Waals surface area contributed by atoms with E-state index < -0.39 is 0 Å². The fraction of sp³-hybridized carbons (Fsp3) is 0.267. The van der Waals surface area contributed by atoms with E-state index in [-0.39, 0.29) is 11.5 Å². The van der Waals surface area contributed by atoms with E-state index >= 15 is 0 Å². The molecule has 1 N–H and O–H groups in total. The number of phenols is 1. The molecule has 17 heavy (non-hydrogen) atoms. The van der Waals surface area contributed by atoms with Crippen LogP contribution in [0, 0.1) is 5.92 Å². The van der Waals surface area contributed by atoms with Gasteiger partial charge < -0.3 is 5.11 Å². The summed E-state index contributed by atoms with van der Waals surface area (Å²) < 4.78 is 0. The van der Waals surface area contributed by atoms with Crippen molar-refractivity contribution in [1.29, 1.82) is 0 Å². The van der Waals surface area contributed by atoms with Crippen molar-refractivity contribution in [3.63, 3.8) is 0 Å². The number of rotatable bonds is 2. The molecular weight excluding hydrogens is 212 g/mol. The van der Waals surface area contributed by atoms with Gasteiger partial charge in [-0.3, -0.25) is 4.79 Å². The smallest absolute Gasteiger partial charge is 0.186 e. The third kappa shape index (κ3) is 2.16. The summed E-state index contributed by atoms with van der Waals surface area (Å²) in [6.45, 7) is 4.14. The number of hydrogen-bond donors (Lipinski definition) is 1. The van der Waals surface area contributed by atoms with Crippen molar-refractivity contribution < 1.29 is 9.90 Å². The van der Waals surface area contributed by atoms with Crippen LogP contribution < -0.4 is 0 Å². The van der Waals surface area contributed by atoms with Gasteiger partial charge in [0.15, 0.2) is 5.78 Å². The standard InChI is InChI=1S/C15H16O2/c1-10(2)11-7-5-9-14(17)15(11)12-6-3-4-8-13(12)16/h3-6,8-10,16H,7H2,1-2H3. The molecule has 0 unspecified atom stereocenters. The largest absolute Gasteiger partial charge is 0.507 e. The van der Waals surface area contributed by atoms with Crippen LogP contribution in [0.5, 0.6) is 5.75 Å². The SMILES string of the molecule is CC(C)C1=C(c2ccccc2O)C(=O)C=CC1. The first-order valence-electron chi connectivity index (χ1n) is 5.83. The molecule has 0 aliphatic heterocycles. The lowest BCUT2D eigenvalue weighted by atomic mass is 9.84. The molecule has 0 bridgehead atoms. The molecule has 0 saturated carbocycles. The Morgan fingerprint density at radius 2 is 1.94 bits per heavy atom. The second kappa shape index (κ2) is 4.58. The minimum absolute atomic E-state index is 0.0125. The van der Waals surface area contributed by atoms with Crippen LogP contribution in [0.15, 0.2) is 42.0 Å². The lowest BCUT2D eigenvalue weighted by Gasteiger charge is -2.19. The average molecular weight is 228 g/mol. The van der Waals surface area contributed by atoms with Crippen LogP contribution in [0.2, 0.25) is 0 Å². The maximum Gasteiger partial charge on any atom is 0.186 e. The maximum absolute atomic E-state index is 12.0. The molecule has 1 aromatic rings. The van der Waals surface area contributed by atoms with Gasteiger partial charge in [-0.1, -0.05) is 43.7 Å². The molecule has 2 nitrogen and oxygen atoms in total. The highest BCUT2D eigenvalue weighted by Crippen LogP contribution is 2.34. The number of carbonyl (C=O) groups excluding carboxylic acids is 1. The van der Waals surface area contributed by atoms with Crippen LogP contribution in [0.3, 0.4) is 0 Å². The molecule has 0 saturated heterocycles. The van der Waals surface area contributed by atoms with E-state index in [4.69, 9.17) is 0 Å². The van der Waals surface area contributed by atoms with E-state index in [0.717, 1.165) is 12.0 Å². The topological polar surface area (TPSA) is 37.3 Å². The quantitative estimate of drug-likeness (QED) is 0.843. The van der Waals surface area contributed by atoms with Crippen LogP contribution in [-0.2, 0) is 4.79 Å². The Morgan fingerprint density at radius 1 is 1.24 bits per heavy atom. The van der Waals surface area contributed by atoms with Crippen LogP contribution in [0.1, 0.15) is 25.8 Å². The van der Waals surface area contributed by atoms with Crippen molar-refractivity contribution in [2.75, 3.05) is 0 Å². The summed E-state index contributed by atoms with van der Waals surface area (Å²) in [6.07, 6.45) is 4.27. The highest BCUT2D eigenvalue weighted by molar-refractivity contribution is 6.28. The van der Waals surface area contributed by atoms with Crippen molar-refractivity contribution >= 4 is 11.4 Å². The number of hydrogen-bond acceptors (Lipinski definition) is 2. The summed E-state index contributed by atoms with van der Waals surface area (Å²) in [5, 5.41) is 9.87. The highest BCUT2D eigenvalue weighted by Gasteiger charge is 2.22. The van der Waals surface area contributed by atoms with Crippen LogP contribution in [0.25, 0.3) is 5.57 Å². The molecule has 0 radical (unpaired) electrons. The first kappa shape index (κ1) is 11.6. The fourth-order valence-corrected chi connectivity index (χ4v) is 2.15. The molecule has 0 heterocycles. The first-order chi connectivity index (χ1) is 8.11. The van der Waals surface area contributed by atoms with Gasteiger partial charge in [0, 0.05) is 11.1 Å². The second-order valence-electron chi connectivity index (χ2n) is 4.54. The lowest BCUT2D eigenvalue weighted by Crippen LogP contribution is -2.10. The molecular formula is C15H16O2. The zero-order chi connectivity index (χ0) is 12.4. The Kier molecular flexibility index (Phi) is 3.14. The highest BCUT2D eigenvalue weighted by atomic mass is 16.3. The maximum atomic E-state index is 12.0. The molecule has 2 rings (SSSR count). The van der Waals surface area contributed by atoms with Gasteiger partial charge in [-0.2, -0.15) is 0 Å². The number of allylic oxidation sites excluding steroid dienone is 4. The molecule has 88 valence electrons. The number of phenolic OH excluding ortho intramolecular Hbond substituents is 1. The minimum Gasteiger partial charge on any atom is -0.507 e. The number of carbonyl (C=O) groups is 1. The number of benzene rings is 1. The predicted molar refractivity (Wildman–Crippen MR) is 68.6 cm³/mol. The normalized spacial score (nSPS) is 15.8. The Hall–Kier alpha value is -1.83. The summed E-state index contributed by atoms with van der Waals surface area (Å²) in [7, 11) is 0. The van der Waals surface area contributed by atoms with Crippen molar-refractivity contribution in [2.24, 2.45) is 5.92 Å². The van der Waals surface area contributed by atoms with Crippen LogP contribution >= 0.6 is 0 Å². The van der Waals surface area contributed by atoms with Gasteiger partial charge >= 0.3 is 0 Å². The summed E-state index contributed by atoms with van der Waals surface area (Å²) in [6, 6.07) is 7.01. The predicted octanol–water partition coefficient (Wildman–Crippen LogP) is 3.33. The van der Waals surface area contributed by atoms with Gasteiger partial charge in [-0.15, -0.1) is 0 Å². The van der Waals surface area contributed by atoms with Crippen molar-refractivity contribution in [1.82, 2.24) is 0 Å². The van der Waals surface area contributed by atoms with E-state index in [0.29, 0.717) is 17.1 Å². The van der Waals surface area contributed by atoms with E-state index in [1.54, 1.807) is 24.3 Å². The van der Waals surface area contributed by atoms with Crippen LogP contribution in [-0.4, -0.2) is 10.9 Å². The molecule has 0 spiro atoms. The Morgan fingerprint density at radius 3 is 2.59 bits per heavy atom. The summed E-state index contributed by atoms with van der Waals surface area (Å²) in [5.41, 5.74) is 2.41. The van der Waals surface area contributed by atoms with Gasteiger partial charge in [-0.05, 0) is 24.5 Å². The van der Waals surface area contributed by atoms with E-state index in [1.807, 2.05) is 12.1 Å². The average Bonchev–Trinajstić information content (AvgIpc) is 2.30. The molecule has 0 aromatic heterocycles. The zero-order valence-corrected chi connectivity index (χ0v) is 10.1. The van der Waals surface area contributed by atoms with Crippen molar-refractivity contribution in [2.45, 2.75) is 20.3 Å². The number of aromatic hydroxyl groups is 1. The Balaban J connectivity index is 2.60. The van der Waals surface area contributed by atoms with Gasteiger partial charge in [0.1, 0.15) is 5.75 Å². The molecule has 1 aromatic carbocycles. The third-order valence-corrected chi connectivity index (χ3v) is 3.04. The van der Waals surface area contributed by atoms with Gasteiger partial charge in [0.25, 0.3) is 0 Å². The summed E-state index contributed by atoms with van der Waals surface area (Å²) in [4.78, 5) is 12.0. The van der Waals surface area contributed by atoms with Gasteiger partial charge in [0.2, 0.25) is 0 Å². The molecule has 1 aliphatic rings. The molecule has 0 fully saturated rings. The van der Waals surface area contributed by atoms with E-state index in [9.17, 15) is 9.90 Å². The first-order valence-corrected chi connectivity index (χ1v) is 5.83. The van der Waals surface area contributed by atoms with Gasteiger partial charge in [-0.25, -0.2) is 0 Å².